The lowest BCUT2D eigenvalue weighted by Crippen LogP contribution is -2.82. The van der Waals surface area contributed by atoms with E-state index >= 15 is 0 Å². The van der Waals surface area contributed by atoms with Crippen molar-refractivity contribution >= 4 is 28.5 Å². The fraction of sp³-hybridized carbons (Fsp3) is 0.333. The zero-order valence-corrected chi connectivity index (χ0v) is 19.7. The van der Waals surface area contributed by atoms with Crippen LogP contribution in [0.25, 0.3) is 11.4 Å². The number of ether oxygens (including phenoxy) is 1. The number of fused-ring (bicyclic) bond motifs is 1. The van der Waals surface area contributed by atoms with E-state index in [1.165, 1.54) is 12.1 Å². The maximum atomic E-state index is 14.0. The molecule has 2 aromatic heterocycles. The van der Waals surface area contributed by atoms with E-state index in [1.807, 2.05) is 30.0 Å². The molecule has 32 heavy (non-hydrogen) atoms. The third kappa shape index (κ3) is 3.44. The lowest BCUT2D eigenvalue weighted by Gasteiger charge is -2.68. The zero-order chi connectivity index (χ0) is 22.3. The second kappa shape index (κ2) is 8.38. The molecule has 0 spiro atoms. The number of hydrogen-bond donors (Lipinski definition) is 0. The molecule has 1 amide bonds. The minimum atomic E-state index is -0.739. The molecule has 2 fully saturated rings. The highest BCUT2D eigenvalue weighted by Gasteiger charge is 2.69. The van der Waals surface area contributed by atoms with Gasteiger partial charge in [0.05, 0.1) is 11.8 Å². The zero-order valence-electron chi connectivity index (χ0n) is 17.5. The van der Waals surface area contributed by atoms with E-state index in [0.717, 1.165) is 35.5 Å². The summed E-state index contributed by atoms with van der Waals surface area (Å²) in [5.41, 5.74) is 1.51. The highest BCUT2D eigenvalue weighted by Crippen LogP contribution is 2.58. The van der Waals surface area contributed by atoms with Crippen molar-refractivity contribution in [3.05, 3.63) is 71.9 Å². The van der Waals surface area contributed by atoms with Crippen molar-refractivity contribution in [2.45, 2.75) is 38.0 Å². The molecule has 2 aliphatic rings. The smallest absolute Gasteiger partial charge is 0.257 e. The molecule has 1 aliphatic heterocycles. The Morgan fingerprint density at radius 1 is 1.25 bits per heavy atom. The Balaban J connectivity index is 1.53. The molecule has 5 rings (SSSR count). The molecule has 1 saturated carbocycles. The topological polar surface area (TPSA) is 68.2 Å². The molecule has 0 bridgehead atoms. The summed E-state index contributed by atoms with van der Waals surface area (Å²) in [6, 6.07) is 10.4. The number of piperidine rings is 1. The molecule has 3 atom stereocenters. The van der Waals surface area contributed by atoms with E-state index in [2.05, 4.69) is 37.5 Å². The second-order valence-electron chi connectivity index (χ2n) is 8.25. The molecule has 164 valence electrons. The van der Waals surface area contributed by atoms with Gasteiger partial charge in [0.15, 0.2) is 11.5 Å². The minimum Gasteiger partial charge on any atom is -0.450 e. The van der Waals surface area contributed by atoms with Gasteiger partial charge in [-0.1, -0.05) is 40.3 Å². The lowest BCUT2D eigenvalue weighted by molar-refractivity contribution is -0.280. The van der Waals surface area contributed by atoms with Crippen LogP contribution in [-0.4, -0.2) is 42.0 Å². The minimum absolute atomic E-state index is 0.0935. The molecular formula is C24H22FIN4O2. The Bertz CT molecular complexity index is 1140. The van der Waals surface area contributed by atoms with Crippen LogP contribution in [-0.2, 0) is 0 Å². The highest BCUT2D eigenvalue weighted by atomic mass is 127. The van der Waals surface area contributed by atoms with E-state index in [4.69, 9.17) is 4.74 Å². The first-order valence-electron chi connectivity index (χ1n) is 10.6. The number of carbonyl (C=O) groups is 1. The summed E-state index contributed by atoms with van der Waals surface area (Å²) in [5.74, 6) is 0.579. The van der Waals surface area contributed by atoms with Gasteiger partial charge in [0.1, 0.15) is 5.82 Å². The predicted molar refractivity (Wildman–Crippen MR) is 126 cm³/mol. The maximum Gasteiger partial charge on any atom is 0.257 e. The first kappa shape index (κ1) is 21.2. The third-order valence-electron chi connectivity index (χ3n) is 6.41. The Morgan fingerprint density at radius 2 is 2.06 bits per heavy atom. The molecule has 8 heteroatoms. The molecule has 1 saturated heterocycles. The quantitative estimate of drug-likeness (QED) is 0.329. The fourth-order valence-corrected chi connectivity index (χ4v) is 5.51. The Kier molecular flexibility index (Phi) is 5.56. The molecule has 6 nitrogen and oxygen atoms in total. The second-order valence-corrected chi connectivity index (χ2v) is 9.33. The van der Waals surface area contributed by atoms with Crippen LogP contribution in [0.2, 0.25) is 0 Å². The van der Waals surface area contributed by atoms with Crippen LogP contribution in [0, 0.1) is 18.7 Å². The molecule has 3 aromatic rings. The molecule has 1 aliphatic carbocycles. The molecular weight excluding hydrogens is 522 g/mol. The number of nitrogens with zero attached hydrogens (tertiary/aromatic N) is 4. The highest BCUT2D eigenvalue weighted by molar-refractivity contribution is 14.1. The van der Waals surface area contributed by atoms with E-state index < -0.39 is 11.5 Å². The van der Waals surface area contributed by atoms with E-state index in [9.17, 15) is 9.18 Å². The van der Waals surface area contributed by atoms with E-state index in [0.29, 0.717) is 22.8 Å². The number of pyridine rings is 1. The van der Waals surface area contributed by atoms with Crippen LogP contribution in [0.4, 0.5) is 4.39 Å². The summed E-state index contributed by atoms with van der Waals surface area (Å²) in [7, 11) is 0. The number of hydrogen-bond acceptors (Lipinski definition) is 5. The molecule has 3 heterocycles. The average molecular weight is 544 g/mol. The van der Waals surface area contributed by atoms with Gasteiger partial charge >= 0.3 is 0 Å². The van der Waals surface area contributed by atoms with Crippen LogP contribution in [0.15, 0.2) is 55.0 Å². The number of amides is 1. The molecule has 0 N–H and O–H groups in total. The summed E-state index contributed by atoms with van der Waals surface area (Å²) in [6.07, 6.45) is 7.09. The monoisotopic (exact) mass is 544 g/mol. The van der Waals surface area contributed by atoms with Crippen LogP contribution in [0.3, 0.4) is 0 Å². The predicted octanol–water partition coefficient (Wildman–Crippen LogP) is 4.82. The largest absolute Gasteiger partial charge is 0.450 e. The Hall–Kier alpha value is -2.62. The number of rotatable bonds is 6. The van der Waals surface area contributed by atoms with Gasteiger partial charge in [0.2, 0.25) is 5.88 Å². The third-order valence-corrected chi connectivity index (χ3v) is 7.04. The van der Waals surface area contributed by atoms with Crippen molar-refractivity contribution in [1.29, 1.82) is 0 Å². The summed E-state index contributed by atoms with van der Waals surface area (Å²) >= 11 is 2.35. The van der Waals surface area contributed by atoms with Crippen molar-refractivity contribution in [1.82, 2.24) is 19.9 Å². The number of aromatic nitrogens is 3. The number of halogens is 2. The van der Waals surface area contributed by atoms with Crippen LogP contribution in [0.1, 0.15) is 35.2 Å². The summed E-state index contributed by atoms with van der Waals surface area (Å²) in [4.78, 5) is 28.7. The average Bonchev–Trinajstić information content (AvgIpc) is 2.79. The summed E-state index contributed by atoms with van der Waals surface area (Å²) in [6.45, 7) is 1.96. The summed E-state index contributed by atoms with van der Waals surface area (Å²) < 4.78 is 20.6. The van der Waals surface area contributed by atoms with Gasteiger partial charge in [-0.15, -0.1) is 0 Å². The van der Waals surface area contributed by atoms with Gasteiger partial charge in [-0.3, -0.25) is 9.69 Å². The fourth-order valence-electron chi connectivity index (χ4n) is 4.87. The van der Waals surface area contributed by atoms with Crippen LogP contribution >= 0.6 is 22.6 Å². The SMILES string of the molecule is Cc1ccc(-c2ncccn2)c(C(=O)N2C(CCI)C3CCC32Oc2ccc(F)cn2)c1. The molecule has 3 unspecified atom stereocenters. The number of alkyl halides is 1. The van der Waals surface area contributed by atoms with E-state index in [-0.39, 0.29) is 17.9 Å². The first-order valence-corrected chi connectivity index (χ1v) is 12.1. The first-order chi connectivity index (χ1) is 15.5. The van der Waals surface area contributed by atoms with Crippen molar-refractivity contribution in [3.8, 4) is 17.3 Å². The number of carbonyl (C=O) groups excluding carboxylic acids is 1. The Morgan fingerprint density at radius 3 is 2.72 bits per heavy atom. The summed E-state index contributed by atoms with van der Waals surface area (Å²) in [5, 5.41) is 0. The number of benzene rings is 1. The van der Waals surface area contributed by atoms with Gasteiger partial charge < -0.3 is 4.74 Å². The van der Waals surface area contributed by atoms with Crippen molar-refractivity contribution in [3.63, 3.8) is 0 Å². The number of likely N-dealkylation sites (tertiary alicyclic amines) is 1. The van der Waals surface area contributed by atoms with Crippen LogP contribution < -0.4 is 4.74 Å². The van der Waals surface area contributed by atoms with Gasteiger partial charge in [0, 0.05) is 46.8 Å². The number of aryl methyl sites for hydroxylation is 1. The van der Waals surface area contributed by atoms with Crippen molar-refractivity contribution in [2.75, 3.05) is 4.43 Å². The van der Waals surface area contributed by atoms with Gasteiger partial charge in [-0.25, -0.2) is 19.3 Å². The van der Waals surface area contributed by atoms with Gasteiger partial charge in [-0.05, 0) is 38.0 Å². The van der Waals surface area contributed by atoms with Crippen molar-refractivity contribution in [2.24, 2.45) is 5.92 Å². The maximum absolute atomic E-state index is 14.0. The standard InChI is InChI=1S/C24H22FIN4O2/c1-15-3-5-17(22-27-11-2-12-28-22)18(13-15)23(31)30-20(8-10-26)19-7-9-24(19,30)32-21-6-4-16(25)14-29-21/h2-6,11-14,19-20H,7-10H2,1H3. The lowest BCUT2D eigenvalue weighted by atomic mass is 9.60. The van der Waals surface area contributed by atoms with Gasteiger partial charge in [-0.2, -0.15) is 0 Å². The van der Waals surface area contributed by atoms with Crippen LogP contribution in [0.5, 0.6) is 5.88 Å². The van der Waals surface area contributed by atoms with E-state index in [1.54, 1.807) is 18.5 Å². The normalized spacial score (nSPS) is 23.7. The Labute approximate surface area is 199 Å². The molecule has 1 aromatic carbocycles. The van der Waals surface area contributed by atoms with Gasteiger partial charge in [0.25, 0.3) is 5.91 Å². The van der Waals surface area contributed by atoms with Crippen molar-refractivity contribution < 1.29 is 13.9 Å². The molecule has 0 radical (unpaired) electrons.